The van der Waals surface area contributed by atoms with Gasteiger partial charge < -0.3 is 10.4 Å². The summed E-state index contributed by atoms with van der Waals surface area (Å²) in [6.45, 7) is 6.41. The summed E-state index contributed by atoms with van der Waals surface area (Å²) < 4.78 is 0. The minimum absolute atomic E-state index is 0.348. The standard InChI is InChI=1S/C16H24N2O3/c1-12(2)5-4-10-17-16(21)18(11-15(19)20)14-8-6-13(3)7-9-14/h6-9,12H,4-5,10-11H2,1-3H3,(H,17,21)(H,19,20). The van der Waals surface area contributed by atoms with Crippen LogP contribution in [0.3, 0.4) is 0 Å². The Balaban J connectivity index is 2.66. The molecule has 1 aromatic carbocycles. The first-order valence-electron chi connectivity index (χ1n) is 7.24. The number of carbonyl (C=O) groups is 2. The lowest BCUT2D eigenvalue weighted by atomic mass is 10.1. The van der Waals surface area contributed by atoms with Crippen LogP contribution in [0.2, 0.25) is 0 Å². The quantitative estimate of drug-likeness (QED) is 0.759. The highest BCUT2D eigenvalue weighted by molar-refractivity contribution is 5.96. The van der Waals surface area contributed by atoms with Gasteiger partial charge in [0.25, 0.3) is 0 Å². The number of aliphatic carboxylic acids is 1. The molecule has 2 amide bonds. The van der Waals surface area contributed by atoms with Gasteiger partial charge in [-0.25, -0.2) is 4.79 Å². The fourth-order valence-electron chi connectivity index (χ4n) is 1.94. The van der Waals surface area contributed by atoms with Gasteiger partial charge in [-0.3, -0.25) is 9.69 Å². The maximum absolute atomic E-state index is 12.2. The van der Waals surface area contributed by atoms with Crippen LogP contribution in [0.15, 0.2) is 24.3 Å². The lowest BCUT2D eigenvalue weighted by Crippen LogP contribution is -2.43. The fourth-order valence-corrected chi connectivity index (χ4v) is 1.94. The normalized spacial score (nSPS) is 10.5. The second-order valence-corrected chi connectivity index (χ2v) is 5.58. The summed E-state index contributed by atoms with van der Waals surface area (Å²) in [5.41, 5.74) is 1.65. The number of aryl methyl sites for hydroxylation is 1. The Morgan fingerprint density at radius 2 is 1.86 bits per heavy atom. The van der Waals surface area contributed by atoms with Crippen LogP contribution in [-0.2, 0) is 4.79 Å². The molecule has 0 aliphatic heterocycles. The first-order valence-corrected chi connectivity index (χ1v) is 7.24. The number of urea groups is 1. The van der Waals surface area contributed by atoms with Gasteiger partial charge in [-0.2, -0.15) is 0 Å². The summed E-state index contributed by atoms with van der Waals surface area (Å²) in [6.07, 6.45) is 1.92. The molecule has 1 rings (SSSR count). The van der Waals surface area contributed by atoms with E-state index in [2.05, 4.69) is 19.2 Å². The van der Waals surface area contributed by atoms with Crippen LogP contribution in [0.5, 0.6) is 0 Å². The van der Waals surface area contributed by atoms with Crippen molar-refractivity contribution in [2.24, 2.45) is 5.92 Å². The Hall–Kier alpha value is -2.04. The zero-order valence-electron chi connectivity index (χ0n) is 12.9. The minimum atomic E-state index is -1.03. The molecule has 116 valence electrons. The van der Waals surface area contributed by atoms with Crippen molar-refractivity contribution in [1.82, 2.24) is 5.32 Å². The molecule has 0 saturated heterocycles. The molecule has 5 nitrogen and oxygen atoms in total. The second kappa shape index (κ2) is 8.29. The van der Waals surface area contributed by atoms with E-state index in [1.807, 2.05) is 19.1 Å². The average molecular weight is 292 g/mol. The highest BCUT2D eigenvalue weighted by Crippen LogP contribution is 2.15. The lowest BCUT2D eigenvalue weighted by Gasteiger charge is -2.21. The van der Waals surface area contributed by atoms with Crippen molar-refractivity contribution in [3.05, 3.63) is 29.8 Å². The van der Waals surface area contributed by atoms with Gasteiger partial charge in [-0.15, -0.1) is 0 Å². The fraction of sp³-hybridized carbons (Fsp3) is 0.500. The van der Waals surface area contributed by atoms with Crippen molar-refractivity contribution in [2.75, 3.05) is 18.0 Å². The van der Waals surface area contributed by atoms with Crippen LogP contribution in [0.1, 0.15) is 32.3 Å². The van der Waals surface area contributed by atoms with E-state index in [-0.39, 0.29) is 12.6 Å². The molecule has 0 aliphatic carbocycles. The van der Waals surface area contributed by atoms with Gasteiger partial charge >= 0.3 is 12.0 Å². The summed E-state index contributed by atoms with van der Waals surface area (Å²) in [7, 11) is 0. The van der Waals surface area contributed by atoms with Gasteiger partial charge in [-0.1, -0.05) is 31.5 Å². The van der Waals surface area contributed by atoms with Crippen molar-refractivity contribution < 1.29 is 14.7 Å². The number of amides is 2. The minimum Gasteiger partial charge on any atom is -0.480 e. The third-order valence-corrected chi connectivity index (χ3v) is 3.12. The molecule has 0 fully saturated rings. The number of benzene rings is 1. The number of carboxylic acid groups (broad SMARTS) is 1. The van der Waals surface area contributed by atoms with E-state index in [0.717, 1.165) is 18.4 Å². The van der Waals surface area contributed by atoms with E-state index in [4.69, 9.17) is 5.11 Å². The molecule has 0 atom stereocenters. The van der Waals surface area contributed by atoms with Crippen LogP contribution >= 0.6 is 0 Å². The number of carbonyl (C=O) groups excluding carboxylic acids is 1. The maximum Gasteiger partial charge on any atom is 0.323 e. The number of hydrogen-bond donors (Lipinski definition) is 2. The summed E-state index contributed by atoms with van der Waals surface area (Å²) in [5, 5.41) is 11.8. The predicted octanol–water partition coefficient (Wildman–Crippen LogP) is 3.03. The molecule has 1 aromatic rings. The molecule has 0 spiro atoms. The second-order valence-electron chi connectivity index (χ2n) is 5.58. The number of nitrogens with one attached hydrogen (secondary N) is 1. The molecule has 0 heterocycles. The molecular weight excluding hydrogens is 268 g/mol. The largest absolute Gasteiger partial charge is 0.480 e. The first-order chi connectivity index (χ1) is 9.90. The summed E-state index contributed by atoms with van der Waals surface area (Å²) in [6, 6.07) is 6.86. The predicted molar refractivity (Wildman–Crippen MR) is 83.6 cm³/mol. The van der Waals surface area contributed by atoms with Gasteiger partial charge in [0.05, 0.1) is 0 Å². The number of carboxylic acids is 1. The average Bonchev–Trinajstić information content (AvgIpc) is 2.41. The molecule has 5 heteroatoms. The van der Waals surface area contributed by atoms with E-state index in [9.17, 15) is 9.59 Å². The van der Waals surface area contributed by atoms with Crippen molar-refractivity contribution in [3.63, 3.8) is 0 Å². The van der Waals surface area contributed by atoms with Gasteiger partial charge in [0.15, 0.2) is 0 Å². The monoisotopic (exact) mass is 292 g/mol. The number of nitrogens with zero attached hydrogens (tertiary/aromatic N) is 1. The van der Waals surface area contributed by atoms with Crippen LogP contribution < -0.4 is 10.2 Å². The zero-order chi connectivity index (χ0) is 15.8. The lowest BCUT2D eigenvalue weighted by molar-refractivity contribution is -0.135. The molecule has 0 aromatic heterocycles. The van der Waals surface area contributed by atoms with Crippen LogP contribution in [0.4, 0.5) is 10.5 Å². The molecular formula is C16H24N2O3. The van der Waals surface area contributed by atoms with E-state index in [1.165, 1.54) is 4.90 Å². The van der Waals surface area contributed by atoms with Gasteiger partial charge in [0.2, 0.25) is 0 Å². The molecule has 0 aliphatic rings. The first kappa shape index (κ1) is 17.0. The number of hydrogen-bond acceptors (Lipinski definition) is 2. The van der Waals surface area contributed by atoms with Crippen molar-refractivity contribution >= 4 is 17.7 Å². The van der Waals surface area contributed by atoms with E-state index in [0.29, 0.717) is 18.2 Å². The van der Waals surface area contributed by atoms with Gasteiger partial charge in [0, 0.05) is 12.2 Å². The van der Waals surface area contributed by atoms with Crippen molar-refractivity contribution in [2.45, 2.75) is 33.6 Å². The van der Waals surface area contributed by atoms with Gasteiger partial charge in [-0.05, 0) is 37.8 Å². The Bertz CT molecular complexity index is 469. The molecule has 21 heavy (non-hydrogen) atoms. The number of anilines is 1. The summed E-state index contributed by atoms with van der Waals surface area (Å²) in [4.78, 5) is 24.4. The van der Waals surface area contributed by atoms with Crippen LogP contribution in [-0.4, -0.2) is 30.2 Å². The van der Waals surface area contributed by atoms with E-state index < -0.39 is 5.97 Å². The van der Waals surface area contributed by atoms with E-state index >= 15 is 0 Å². The highest BCUT2D eigenvalue weighted by Gasteiger charge is 2.18. The Morgan fingerprint density at radius 3 is 2.38 bits per heavy atom. The Labute approximate surface area is 126 Å². The third kappa shape index (κ3) is 6.29. The zero-order valence-corrected chi connectivity index (χ0v) is 12.9. The SMILES string of the molecule is Cc1ccc(N(CC(=O)O)C(=O)NCCCC(C)C)cc1. The Kier molecular flexibility index (Phi) is 6.72. The molecule has 0 bridgehead atoms. The summed E-state index contributed by atoms with van der Waals surface area (Å²) in [5.74, 6) is -0.443. The van der Waals surface area contributed by atoms with Gasteiger partial charge in [0.1, 0.15) is 6.54 Å². The summed E-state index contributed by atoms with van der Waals surface area (Å²) >= 11 is 0. The molecule has 0 saturated carbocycles. The Morgan fingerprint density at radius 1 is 1.24 bits per heavy atom. The number of rotatable bonds is 7. The molecule has 0 radical (unpaired) electrons. The molecule has 0 unspecified atom stereocenters. The maximum atomic E-state index is 12.2. The van der Waals surface area contributed by atoms with Crippen LogP contribution in [0.25, 0.3) is 0 Å². The smallest absolute Gasteiger partial charge is 0.323 e. The highest BCUT2D eigenvalue weighted by atomic mass is 16.4. The topological polar surface area (TPSA) is 69.6 Å². The van der Waals surface area contributed by atoms with E-state index in [1.54, 1.807) is 12.1 Å². The third-order valence-electron chi connectivity index (χ3n) is 3.12. The molecule has 2 N–H and O–H groups in total. The van der Waals surface area contributed by atoms with Crippen molar-refractivity contribution in [3.8, 4) is 0 Å². The van der Waals surface area contributed by atoms with Crippen molar-refractivity contribution in [1.29, 1.82) is 0 Å². The van der Waals surface area contributed by atoms with Crippen LogP contribution in [0, 0.1) is 12.8 Å².